The van der Waals surface area contributed by atoms with Crippen LogP contribution in [0.4, 0.5) is 13.2 Å². The molecule has 1 N–H and O–H groups in total. The Balaban J connectivity index is 1.87. The van der Waals surface area contributed by atoms with Crippen molar-refractivity contribution in [3.05, 3.63) is 53.8 Å². The van der Waals surface area contributed by atoms with E-state index in [4.69, 9.17) is 4.74 Å². The van der Waals surface area contributed by atoms with Gasteiger partial charge in [0.05, 0.1) is 5.56 Å². The second-order valence-electron chi connectivity index (χ2n) is 9.29. The molecule has 2 fully saturated rings. The molecule has 1 amide bonds. The summed E-state index contributed by atoms with van der Waals surface area (Å²) in [5, 5.41) is 3.19. The Bertz CT molecular complexity index is 892. The van der Waals surface area contributed by atoms with E-state index in [2.05, 4.69) is 21.7 Å². The van der Waals surface area contributed by atoms with E-state index < -0.39 is 17.3 Å². The van der Waals surface area contributed by atoms with Gasteiger partial charge in [0, 0.05) is 52.0 Å². The SMILES string of the molecule is C=C(C)/C=C(/CN1CCCC(Oc2ccc(C(F)(F)F)cc2)(C(=O)N2CCN(C)CC2)C1)NC. The molecule has 34 heavy (non-hydrogen) atoms. The van der Waals surface area contributed by atoms with Crippen molar-refractivity contribution in [2.24, 2.45) is 0 Å². The van der Waals surface area contributed by atoms with Crippen molar-refractivity contribution >= 4 is 5.91 Å². The van der Waals surface area contributed by atoms with Crippen LogP contribution in [0.3, 0.4) is 0 Å². The summed E-state index contributed by atoms with van der Waals surface area (Å²) in [5.41, 5.74) is -0.00382. The number of rotatable bonds is 7. The molecular weight excluding hydrogens is 445 g/mol. The predicted molar refractivity (Wildman–Crippen MR) is 127 cm³/mol. The highest BCUT2D eigenvalue weighted by Crippen LogP contribution is 2.34. The average Bonchev–Trinajstić information content (AvgIpc) is 2.78. The molecule has 2 saturated heterocycles. The van der Waals surface area contributed by atoms with Crippen LogP contribution in [-0.4, -0.2) is 86.1 Å². The van der Waals surface area contributed by atoms with Gasteiger partial charge in [0.1, 0.15) is 5.75 Å². The van der Waals surface area contributed by atoms with Crippen LogP contribution in [0.1, 0.15) is 25.3 Å². The fraction of sp³-hybridized carbons (Fsp3) is 0.560. The van der Waals surface area contributed by atoms with Crippen molar-refractivity contribution in [2.45, 2.75) is 31.5 Å². The Kier molecular flexibility index (Phi) is 8.30. The molecule has 1 aromatic rings. The normalized spacial score (nSPS) is 23.0. The maximum atomic E-state index is 13.8. The molecule has 1 aromatic carbocycles. The van der Waals surface area contributed by atoms with E-state index in [1.807, 2.05) is 32.0 Å². The van der Waals surface area contributed by atoms with E-state index in [0.29, 0.717) is 32.6 Å². The third-order valence-corrected chi connectivity index (χ3v) is 6.34. The van der Waals surface area contributed by atoms with Crippen LogP contribution in [0, 0.1) is 0 Å². The molecule has 2 aliphatic rings. The summed E-state index contributed by atoms with van der Waals surface area (Å²) in [6.45, 7) is 10.4. The van der Waals surface area contributed by atoms with Crippen molar-refractivity contribution in [1.29, 1.82) is 0 Å². The molecule has 2 aliphatic heterocycles. The number of carbonyl (C=O) groups excluding carboxylic acids is 1. The van der Waals surface area contributed by atoms with Gasteiger partial charge >= 0.3 is 6.18 Å². The van der Waals surface area contributed by atoms with Gasteiger partial charge in [-0.05, 0) is 63.7 Å². The molecular formula is C25H35F3N4O2. The average molecular weight is 481 g/mol. The van der Waals surface area contributed by atoms with E-state index in [1.165, 1.54) is 12.1 Å². The number of amides is 1. The van der Waals surface area contributed by atoms with Crippen molar-refractivity contribution in [3.8, 4) is 5.75 Å². The number of carbonyl (C=O) groups is 1. The number of nitrogens with zero attached hydrogens (tertiary/aromatic N) is 3. The maximum absolute atomic E-state index is 13.8. The van der Waals surface area contributed by atoms with Crippen molar-refractivity contribution in [2.75, 3.05) is 59.9 Å². The second-order valence-corrected chi connectivity index (χ2v) is 9.29. The number of ether oxygens (including phenoxy) is 1. The topological polar surface area (TPSA) is 48.1 Å². The van der Waals surface area contributed by atoms with Gasteiger partial charge < -0.3 is 19.9 Å². The standard InChI is InChI=1S/C25H35F3N4O2/c1-19(2)16-21(29-3)17-31-11-5-10-24(18-31,23(33)32-14-12-30(4)13-15-32)34-22-8-6-20(7-9-22)25(26,27)28/h6-9,16,29H,1,5,10-15,17-18H2,2-4H3/b21-16-. The fourth-order valence-electron chi connectivity index (χ4n) is 4.51. The van der Waals surface area contributed by atoms with Crippen LogP contribution in [-0.2, 0) is 11.0 Å². The third kappa shape index (κ3) is 6.54. The number of benzene rings is 1. The zero-order valence-electron chi connectivity index (χ0n) is 20.2. The van der Waals surface area contributed by atoms with Gasteiger partial charge in [-0.2, -0.15) is 13.2 Å². The maximum Gasteiger partial charge on any atom is 0.416 e. The minimum absolute atomic E-state index is 0.0971. The van der Waals surface area contributed by atoms with E-state index in [-0.39, 0.29) is 11.7 Å². The van der Waals surface area contributed by atoms with Gasteiger partial charge in [-0.25, -0.2) is 0 Å². The number of hydrogen-bond donors (Lipinski definition) is 1. The zero-order valence-corrected chi connectivity index (χ0v) is 20.2. The summed E-state index contributed by atoms with van der Waals surface area (Å²) >= 11 is 0. The quantitative estimate of drug-likeness (QED) is 0.607. The number of halogens is 3. The molecule has 0 radical (unpaired) electrons. The fourth-order valence-corrected chi connectivity index (χ4v) is 4.51. The summed E-state index contributed by atoms with van der Waals surface area (Å²) in [4.78, 5) is 20.0. The van der Waals surface area contributed by atoms with E-state index in [1.54, 1.807) is 0 Å². The van der Waals surface area contributed by atoms with Crippen LogP contribution >= 0.6 is 0 Å². The Labute approximate surface area is 200 Å². The molecule has 1 atom stereocenters. The van der Waals surface area contributed by atoms with Gasteiger partial charge in [-0.3, -0.25) is 9.69 Å². The third-order valence-electron chi connectivity index (χ3n) is 6.34. The number of piperidine rings is 1. The van der Waals surface area contributed by atoms with Gasteiger partial charge in [0.2, 0.25) is 0 Å². The Morgan fingerprint density at radius 2 is 1.82 bits per heavy atom. The van der Waals surface area contributed by atoms with Crippen molar-refractivity contribution < 1.29 is 22.7 Å². The summed E-state index contributed by atoms with van der Waals surface area (Å²) in [6.07, 6.45) is -1.21. The number of alkyl halides is 3. The summed E-state index contributed by atoms with van der Waals surface area (Å²) in [5.74, 6) is 0.170. The molecule has 0 aliphatic carbocycles. The Morgan fingerprint density at radius 3 is 2.38 bits per heavy atom. The minimum Gasteiger partial charge on any atom is -0.476 e. The number of piperazine rings is 1. The van der Waals surface area contributed by atoms with Crippen LogP contribution in [0.2, 0.25) is 0 Å². The van der Waals surface area contributed by atoms with Crippen molar-refractivity contribution in [1.82, 2.24) is 20.0 Å². The van der Waals surface area contributed by atoms with Crippen LogP contribution in [0.25, 0.3) is 0 Å². The molecule has 0 saturated carbocycles. The van der Waals surface area contributed by atoms with Crippen LogP contribution < -0.4 is 10.1 Å². The molecule has 188 valence electrons. The van der Waals surface area contributed by atoms with Gasteiger partial charge in [0.15, 0.2) is 5.60 Å². The first-order chi connectivity index (χ1) is 16.0. The largest absolute Gasteiger partial charge is 0.476 e. The first-order valence-corrected chi connectivity index (χ1v) is 11.6. The van der Waals surface area contributed by atoms with E-state index in [9.17, 15) is 18.0 Å². The number of likely N-dealkylation sites (tertiary alicyclic amines) is 1. The van der Waals surface area contributed by atoms with Crippen LogP contribution in [0.15, 0.2) is 48.2 Å². The van der Waals surface area contributed by atoms with Crippen LogP contribution in [0.5, 0.6) is 5.75 Å². The van der Waals surface area contributed by atoms with Gasteiger partial charge in [-0.15, -0.1) is 0 Å². The number of hydrogen-bond acceptors (Lipinski definition) is 5. The van der Waals surface area contributed by atoms with E-state index >= 15 is 0 Å². The lowest BCUT2D eigenvalue weighted by molar-refractivity contribution is -0.155. The highest BCUT2D eigenvalue weighted by atomic mass is 19.4. The molecule has 9 heteroatoms. The Hall–Kier alpha value is -2.52. The lowest BCUT2D eigenvalue weighted by Gasteiger charge is -2.45. The number of allylic oxidation sites excluding steroid dienone is 2. The second kappa shape index (κ2) is 10.8. The first-order valence-electron chi connectivity index (χ1n) is 11.6. The van der Waals surface area contributed by atoms with Crippen molar-refractivity contribution in [3.63, 3.8) is 0 Å². The Morgan fingerprint density at radius 1 is 1.18 bits per heavy atom. The molecule has 3 rings (SSSR count). The smallest absolute Gasteiger partial charge is 0.416 e. The summed E-state index contributed by atoms with van der Waals surface area (Å²) < 4.78 is 45.4. The first kappa shape index (κ1) is 26.1. The van der Waals surface area contributed by atoms with Gasteiger partial charge in [0.25, 0.3) is 5.91 Å². The highest BCUT2D eigenvalue weighted by molar-refractivity contribution is 5.86. The molecule has 0 bridgehead atoms. The van der Waals surface area contributed by atoms with Gasteiger partial charge in [-0.1, -0.05) is 12.2 Å². The molecule has 0 spiro atoms. The lowest BCUT2D eigenvalue weighted by Crippen LogP contribution is -2.63. The molecule has 6 nitrogen and oxygen atoms in total. The lowest BCUT2D eigenvalue weighted by atomic mass is 9.90. The zero-order chi connectivity index (χ0) is 24.9. The summed E-state index contributed by atoms with van der Waals surface area (Å²) in [6, 6.07) is 4.61. The minimum atomic E-state index is -4.42. The molecule has 1 unspecified atom stereocenters. The monoisotopic (exact) mass is 480 g/mol. The molecule has 0 aromatic heterocycles. The number of nitrogens with one attached hydrogen (secondary N) is 1. The molecule has 2 heterocycles. The highest BCUT2D eigenvalue weighted by Gasteiger charge is 2.47. The van der Waals surface area contributed by atoms with E-state index in [0.717, 1.165) is 49.5 Å². The number of likely N-dealkylation sites (N-methyl/N-ethyl adjacent to an activating group) is 2. The summed E-state index contributed by atoms with van der Waals surface area (Å²) in [7, 11) is 3.87. The predicted octanol–water partition coefficient (Wildman–Crippen LogP) is 3.37.